The minimum absolute atomic E-state index is 0.229. The lowest BCUT2D eigenvalue weighted by atomic mass is 9.93. The molecule has 19 heavy (non-hydrogen) atoms. The van der Waals surface area contributed by atoms with Gasteiger partial charge in [-0.1, -0.05) is 12.8 Å². The molecule has 0 amide bonds. The van der Waals surface area contributed by atoms with Gasteiger partial charge in [0.15, 0.2) is 0 Å². The average Bonchev–Trinajstić information content (AvgIpc) is 2.56. The Kier molecular flexibility index (Phi) is 3.98. The molecule has 0 aromatic carbocycles. The molecule has 1 aliphatic rings. The normalized spacial score (nSPS) is 24.6. The minimum Gasteiger partial charge on any atom is -0.391 e. The number of aliphatic hydroxyl groups excluding tert-OH is 1. The maximum absolute atomic E-state index is 12.4. The number of nitrogens with one attached hydrogen (secondary N) is 1. The SMILES string of the molecule is Cc1nn(C)c(C)c1S(=O)(=O)N[C@@H]1CCCC[C@H]1O. The number of sulfonamides is 1. The van der Waals surface area contributed by atoms with E-state index in [1.807, 2.05) is 0 Å². The van der Waals surface area contributed by atoms with Crippen LogP contribution in [-0.2, 0) is 17.1 Å². The highest BCUT2D eigenvalue weighted by Gasteiger charge is 2.31. The van der Waals surface area contributed by atoms with Crippen LogP contribution >= 0.6 is 0 Å². The van der Waals surface area contributed by atoms with E-state index in [2.05, 4.69) is 9.82 Å². The van der Waals surface area contributed by atoms with E-state index in [0.29, 0.717) is 24.2 Å². The van der Waals surface area contributed by atoms with Gasteiger partial charge in [0, 0.05) is 13.1 Å². The number of hydrogen-bond acceptors (Lipinski definition) is 4. The van der Waals surface area contributed by atoms with Crippen LogP contribution < -0.4 is 4.72 Å². The Balaban J connectivity index is 2.27. The van der Waals surface area contributed by atoms with Crippen molar-refractivity contribution < 1.29 is 13.5 Å². The average molecular weight is 287 g/mol. The summed E-state index contributed by atoms with van der Waals surface area (Å²) >= 11 is 0. The van der Waals surface area contributed by atoms with Crippen molar-refractivity contribution in [3.63, 3.8) is 0 Å². The van der Waals surface area contributed by atoms with E-state index >= 15 is 0 Å². The second-order valence-electron chi connectivity index (χ2n) is 5.20. The second kappa shape index (κ2) is 5.22. The Morgan fingerprint density at radius 1 is 1.32 bits per heavy atom. The maximum Gasteiger partial charge on any atom is 0.244 e. The zero-order valence-electron chi connectivity index (χ0n) is 11.5. The van der Waals surface area contributed by atoms with Crippen molar-refractivity contribution in [1.82, 2.24) is 14.5 Å². The van der Waals surface area contributed by atoms with Crippen LogP contribution in [0.5, 0.6) is 0 Å². The molecular formula is C12H21N3O3S. The summed E-state index contributed by atoms with van der Waals surface area (Å²) in [5, 5.41) is 14.0. The molecule has 2 rings (SSSR count). The number of rotatable bonds is 3. The monoisotopic (exact) mass is 287 g/mol. The Bertz CT molecular complexity index is 565. The van der Waals surface area contributed by atoms with Gasteiger partial charge in [-0.25, -0.2) is 13.1 Å². The summed E-state index contributed by atoms with van der Waals surface area (Å²) in [6.45, 7) is 3.41. The first-order valence-electron chi connectivity index (χ1n) is 6.53. The van der Waals surface area contributed by atoms with Gasteiger partial charge in [-0.3, -0.25) is 4.68 Å². The van der Waals surface area contributed by atoms with Crippen molar-refractivity contribution in [2.24, 2.45) is 7.05 Å². The van der Waals surface area contributed by atoms with Crippen LogP contribution in [0.25, 0.3) is 0 Å². The third kappa shape index (κ3) is 2.82. The Labute approximate surface area is 113 Å². The highest BCUT2D eigenvalue weighted by molar-refractivity contribution is 7.89. The number of hydrogen-bond donors (Lipinski definition) is 2. The topological polar surface area (TPSA) is 84.2 Å². The van der Waals surface area contributed by atoms with E-state index in [0.717, 1.165) is 12.8 Å². The van der Waals surface area contributed by atoms with Crippen LogP contribution in [0, 0.1) is 13.8 Å². The summed E-state index contributed by atoms with van der Waals surface area (Å²) in [4.78, 5) is 0.229. The van der Waals surface area contributed by atoms with Gasteiger partial charge >= 0.3 is 0 Å². The highest BCUT2D eigenvalue weighted by Crippen LogP contribution is 2.23. The van der Waals surface area contributed by atoms with Crippen molar-refractivity contribution in [3.8, 4) is 0 Å². The van der Waals surface area contributed by atoms with Crippen LogP contribution in [0.4, 0.5) is 0 Å². The lowest BCUT2D eigenvalue weighted by molar-refractivity contribution is 0.101. The van der Waals surface area contributed by atoms with E-state index in [1.165, 1.54) is 0 Å². The predicted octanol–water partition coefficient (Wildman–Crippen LogP) is 0.619. The zero-order chi connectivity index (χ0) is 14.2. The van der Waals surface area contributed by atoms with Crippen LogP contribution in [0.1, 0.15) is 37.1 Å². The molecule has 1 aromatic heterocycles. The molecule has 108 valence electrons. The van der Waals surface area contributed by atoms with Crippen molar-refractivity contribution in [2.75, 3.05) is 0 Å². The molecule has 1 saturated carbocycles. The van der Waals surface area contributed by atoms with Gasteiger partial charge < -0.3 is 5.11 Å². The number of aliphatic hydroxyl groups is 1. The molecule has 1 heterocycles. The number of aryl methyl sites for hydroxylation is 2. The minimum atomic E-state index is -3.63. The van der Waals surface area contributed by atoms with Crippen molar-refractivity contribution in [1.29, 1.82) is 0 Å². The summed E-state index contributed by atoms with van der Waals surface area (Å²) in [5.41, 5.74) is 1.09. The van der Waals surface area contributed by atoms with Gasteiger partial charge in [0.1, 0.15) is 4.90 Å². The van der Waals surface area contributed by atoms with E-state index in [9.17, 15) is 13.5 Å². The summed E-state index contributed by atoms with van der Waals surface area (Å²) in [6, 6.07) is -0.391. The molecule has 0 radical (unpaired) electrons. The maximum atomic E-state index is 12.4. The van der Waals surface area contributed by atoms with Gasteiger partial charge in [0.05, 0.1) is 17.5 Å². The van der Waals surface area contributed by atoms with Crippen molar-refractivity contribution in [2.45, 2.75) is 56.6 Å². The quantitative estimate of drug-likeness (QED) is 0.853. The van der Waals surface area contributed by atoms with Gasteiger partial charge in [-0.2, -0.15) is 5.10 Å². The first-order chi connectivity index (χ1) is 8.83. The predicted molar refractivity (Wildman–Crippen MR) is 71.3 cm³/mol. The molecule has 1 aliphatic carbocycles. The lowest BCUT2D eigenvalue weighted by Gasteiger charge is -2.28. The molecule has 1 fully saturated rings. The molecule has 6 nitrogen and oxygen atoms in total. The van der Waals surface area contributed by atoms with Gasteiger partial charge in [-0.05, 0) is 26.7 Å². The van der Waals surface area contributed by atoms with E-state index in [1.54, 1.807) is 25.6 Å². The lowest BCUT2D eigenvalue weighted by Crippen LogP contribution is -2.45. The van der Waals surface area contributed by atoms with Crippen LogP contribution in [0.2, 0.25) is 0 Å². The van der Waals surface area contributed by atoms with Crippen LogP contribution in [0.15, 0.2) is 4.90 Å². The van der Waals surface area contributed by atoms with Crippen LogP contribution in [-0.4, -0.2) is 35.5 Å². The molecule has 0 spiro atoms. The van der Waals surface area contributed by atoms with Crippen LogP contribution in [0.3, 0.4) is 0 Å². The molecule has 2 N–H and O–H groups in total. The van der Waals surface area contributed by atoms with E-state index in [4.69, 9.17) is 0 Å². The van der Waals surface area contributed by atoms with E-state index < -0.39 is 22.2 Å². The molecule has 0 unspecified atom stereocenters. The molecular weight excluding hydrogens is 266 g/mol. The fourth-order valence-corrected chi connectivity index (χ4v) is 4.39. The molecule has 0 aliphatic heterocycles. The van der Waals surface area contributed by atoms with Crippen molar-refractivity contribution >= 4 is 10.0 Å². The zero-order valence-corrected chi connectivity index (χ0v) is 12.4. The van der Waals surface area contributed by atoms with Gasteiger partial charge in [0.2, 0.25) is 10.0 Å². The molecule has 0 bridgehead atoms. The summed E-state index contributed by atoms with van der Waals surface area (Å²) in [5.74, 6) is 0. The van der Waals surface area contributed by atoms with E-state index in [-0.39, 0.29) is 4.90 Å². The molecule has 0 saturated heterocycles. The third-order valence-electron chi connectivity index (χ3n) is 3.75. The fourth-order valence-electron chi connectivity index (χ4n) is 2.65. The Morgan fingerprint density at radius 3 is 2.47 bits per heavy atom. The number of nitrogens with zero attached hydrogens (tertiary/aromatic N) is 2. The van der Waals surface area contributed by atoms with Gasteiger partial charge in [-0.15, -0.1) is 0 Å². The standard InChI is InChI=1S/C12H21N3O3S/c1-8-12(9(2)15(3)13-8)19(17,18)14-10-6-4-5-7-11(10)16/h10-11,14,16H,4-7H2,1-3H3/t10-,11-/m1/s1. The van der Waals surface area contributed by atoms with Gasteiger partial charge in [0.25, 0.3) is 0 Å². The third-order valence-corrected chi connectivity index (χ3v) is 5.49. The molecule has 2 atom stereocenters. The molecule has 7 heteroatoms. The van der Waals surface area contributed by atoms with Crippen molar-refractivity contribution in [3.05, 3.63) is 11.4 Å². The second-order valence-corrected chi connectivity index (χ2v) is 6.85. The highest BCUT2D eigenvalue weighted by atomic mass is 32.2. The summed E-state index contributed by atoms with van der Waals surface area (Å²) in [7, 11) is -1.91. The smallest absolute Gasteiger partial charge is 0.244 e. The Morgan fingerprint density at radius 2 is 1.95 bits per heavy atom. The summed E-state index contributed by atoms with van der Waals surface area (Å²) < 4.78 is 29.0. The Hall–Kier alpha value is -0.920. The first kappa shape index (κ1) is 14.5. The number of aromatic nitrogens is 2. The largest absolute Gasteiger partial charge is 0.391 e. The first-order valence-corrected chi connectivity index (χ1v) is 8.02. The summed E-state index contributed by atoms with van der Waals surface area (Å²) in [6.07, 6.45) is 2.62. The molecule has 1 aromatic rings. The fraction of sp³-hybridized carbons (Fsp3) is 0.750.